The summed E-state index contributed by atoms with van der Waals surface area (Å²) in [6.45, 7) is 0. The van der Waals surface area contributed by atoms with Gasteiger partial charge in [-0.15, -0.1) is 0 Å². The van der Waals surface area contributed by atoms with Crippen molar-refractivity contribution < 1.29 is 8.83 Å². The van der Waals surface area contributed by atoms with E-state index in [0.717, 1.165) is 67.0 Å². The zero-order chi connectivity index (χ0) is 29.0. The number of para-hydroxylation sites is 2. The second-order valence-electron chi connectivity index (χ2n) is 11.2. The van der Waals surface area contributed by atoms with E-state index in [0.29, 0.717) is 17.5 Å². The number of aromatic nitrogens is 3. The molecule has 1 aliphatic carbocycles. The number of rotatable bonds is 4. The first-order valence-corrected chi connectivity index (χ1v) is 14.8. The van der Waals surface area contributed by atoms with E-state index in [4.69, 9.17) is 23.8 Å². The molecule has 0 aliphatic heterocycles. The highest BCUT2D eigenvalue weighted by molar-refractivity contribution is 6.12. The first kappa shape index (κ1) is 24.8. The van der Waals surface area contributed by atoms with Gasteiger partial charge in [-0.1, -0.05) is 97.1 Å². The van der Waals surface area contributed by atoms with Crippen LogP contribution >= 0.6 is 0 Å². The molecule has 3 heterocycles. The Morgan fingerprint density at radius 1 is 0.523 bits per heavy atom. The standard InChI is InChI=1S/C39H25N3O2/c1-3-11-24(12-4-1)27-21-31(36-30-16-8-10-18-33(30)44-35(36)23-27)39-41-37(25-13-5-2-6-14-25)40-38(42-39)26-19-20-29-28-15-7-9-17-32(28)43-34(29)22-26/h1-11,13-24H,12H2. The predicted molar refractivity (Wildman–Crippen MR) is 176 cm³/mol. The lowest BCUT2D eigenvalue weighted by atomic mass is 9.90. The summed E-state index contributed by atoms with van der Waals surface area (Å²) in [7, 11) is 0. The molecule has 5 aromatic carbocycles. The molecule has 8 aromatic rings. The Morgan fingerprint density at radius 2 is 1.20 bits per heavy atom. The number of hydrogen-bond acceptors (Lipinski definition) is 5. The fourth-order valence-electron chi connectivity index (χ4n) is 6.30. The number of furan rings is 2. The summed E-state index contributed by atoms with van der Waals surface area (Å²) in [5, 5.41) is 4.20. The maximum Gasteiger partial charge on any atom is 0.164 e. The van der Waals surface area contributed by atoms with Gasteiger partial charge < -0.3 is 8.83 Å². The van der Waals surface area contributed by atoms with E-state index in [-0.39, 0.29) is 5.92 Å². The van der Waals surface area contributed by atoms with E-state index < -0.39 is 0 Å². The van der Waals surface area contributed by atoms with Crippen LogP contribution in [0.5, 0.6) is 0 Å². The zero-order valence-electron chi connectivity index (χ0n) is 23.6. The first-order valence-electron chi connectivity index (χ1n) is 14.8. The predicted octanol–water partition coefficient (Wildman–Crippen LogP) is 10.3. The monoisotopic (exact) mass is 567 g/mol. The highest BCUT2D eigenvalue weighted by Crippen LogP contribution is 2.40. The van der Waals surface area contributed by atoms with Crippen molar-refractivity contribution in [3.05, 3.63) is 139 Å². The average molecular weight is 568 g/mol. The molecule has 9 rings (SSSR count). The molecule has 0 saturated heterocycles. The molecule has 0 saturated carbocycles. The minimum atomic E-state index is 0.238. The molecule has 208 valence electrons. The Kier molecular flexibility index (Phi) is 5.56. The highest BCUT2D eigenvalue weighted by Gasteiger charge is 2.21. The van der Waals surface area contributed by atoms with E-state index in [2.05, 4.69) is 60.7 Å². The van der Waals surface area contributed by atoms with Crippen LogP contribution in [-0.4, -0.2) is 15.0 Å². The summed E-state index contributed by atoms with van der Waals surface area (Å²) in [5.41, 5.74) is 7.21. The van der Waals surface area contributed by atoms with Crippen molar-refractivity contribution in [1.82, 2.24) is 15.0 Å². The Hall–Kier alpha value is -5.81. The largest absolute Gasteiger partial charge is 0.456 e. The Bertz CT molecular complexity index is 2430. The van der Waals surface area contributed by atoms with Gasteiger partial charge in [-0.25, -0.2) is 15.0 Å². The lowest BCUT2D eigenvalue weighted by Gasteiger charge is -2.16. The molecule has 1 aliphatic rings. The number of allylic oxidation sites excluding steroid dienone is 4. The van der Waals surface area contributed by atoms with Gasteiger partial charge in [0.1, 0.15) is 22.3 Å². The third-order valence-electron chi connectivity index (χ3n) is 8.45. The van der Waals surface area contributed by atoms with Gasteiger partial charge in [0.2, 0.25) is 0 Å². The molecule has 0 radical (unpaired) electrons. The molecule has 1 unspecified atom stereocenters. The fourth-order valence-corrected chi connectivity index (χ4v) is 6.30. The molecular weight excluding hydrogens is 542 g/mol. The van der Waals surface area contributed by atoms with Crippen LogP contribution in [0.1, 0.15) is 17.9 Å². The van der Waals surface area contributed by atoms with Gasteiger partial charge in [0.25, 0.3) is 0 Å². The van der Waals surface area contributed by atoms with Gasteiger partial charge in [0, 0.05) is 44.2 Å². The number of fused-ring (bicyclic) bond motifs is 6. The SMILES string of the molecule is C1=CCC(c2cc(-c3nc(-c4ccccc4)nc(-c4ccc5c(c4)oc4ccccc45)n3)c3c(c2)oc2ccccc23)C=C1. The van der Waals surface area contributed by atoms with E-state index >= 15 is 0 Å². The van der Waals surface area contributed by atoms with Crippen molar-refractivity contribution in [2.45, 2.75) is 12.3 Å². The maximum absolute atomic E-state index is 6.43. The zero-order valence-corrected chi connectivity index (χ0v) is 23.6. The van der Waals surface area contributed by atoms with Crippen LogP contribution in [0.25, 0.3) is 78.0 Å². The van der Waals surface area contributed by atoms with Crippen LogP contribution in [0.2, 0.25) is 0 Å². The van der Waals surface area contributed by atoms with Crippen LogP contribution in [0.15, 0.2) is 142 Å². The number of hydrogen-bond donors (Lipinski definition) is 0. The quantitative estimate of drug-likeness (QED) is 0.212. The Balaban J connectivity index is 1.31. The molecule has 44 heavy (non-hydrogen) atoms. The molecule has 0 N–H and O–H groups in total. The molecule has 0 amide bonds. The maximum atomic E-state index is 6.43. The summed E-state index contributed by atoms with van der Waals surface area (Å²) < 4.78 is 12.7. The van der Waals surface area contributed by atoms with Gasteiger partial charge in [-0.05, 0) is 48.4 Å². The Morgan fingerprint density at radius 3 is 2.02 bits per heavy atom. The molecule has 0 spiro atoms. The van der Waals surface area contributed by atoms with Crippen LogP contribution in [0, 0.1) is 0 Å². The van der Waals surface area contributed by atoms with Crippen molar-refractivity contribution in [2.75, 3.05) is 0 Å². The van der Waals surface area contributed by atoms with Gasteiger partial charge in [0.15, 0.2) is 17.5 Å². The van der Waals surface area contributed by atoms with Crippen LogP contribution in [0.3, 0.4) is 0 Å². The minimum Gasteiger partial charge on any atom is -0.456 e. The molecular formula is C39H25N3O2. The normalized spacial score (nSPS) is 14.8. The second-order valence-corrected chi connectivity index (χ2v) is 11.2. The van der Waals surface area contributed by atoms with Crippen molar-refractivity contribution in [1.29, 1.82) is 0 Å². The van der Waals surface area contributed by atoms with Crippen LogP contribution < -0.4 is 0 Å². The molecule has 5 heteroatoms. The third kappa shape index (κ3) is 4.05. The topological polar surface area (TPSA) is 65.0 Å². The van der Waals surface area contributed by atoms with E-state index in [1.165, 1.54) is 5.56 Å². The molecule has 5 nitrogen and oxygen atoms in total. The van der Waals surface area contributed by atoms with Gasteiger partial charge >= 0.3 is 0 Å². The summed E-state index contributed by atoms with van der Waals surface area (Å²) >= 11 is 0. The first-order chi connectivity index (χ1) is 21.8. The van der Waals surface area contributed by atoms with Crippen LogP contribution in [-0.2, 0) is 0 Å². The van der Waals surface area contributed by atoms with Crippen molar-refractivity contribution in [3.63, 3.8) is 0 Å². The van der Waals surface area contributed by atoms with Crippen molar-refractivity contribution in [2.24, 2.45) is 0 Å². The van der Waals surface area contributed by atoms with Gasteiger partial charge in [-0.2, -0.15) is 0 Å². The fraction of sp³-hybridized carbons (Fsp3) is 0.0513. The Labute approximate surface area is 252 Å². The van der Waals surface area contributed by atoms with E-state index in [1.54, 1.807) is 0 Å². The average Bonchev–Trinajstić information content (AvgIpc) is 3.66. The van der Waals surface area contributed by atoms with Crippen molar-refractivity contribution >= 4 is 43.9 Å². The summed E-state index contributed by atoms with van der Waals surface area (Å²) in [4.78, 5) is 15.2. The van der Waals surface area contributed by atoms with Crippen molar-refractivity contribution in [3.8, 4) is 34.2 Å². The molecule has 1 atom stereocenters. The second kappa shape index (κ2) is 9.89. The lowest BCUT2D eigenvalue weighted by Crippen LogP contribution is -2.02. The third-order valence-corrected chi connectivity index (χ3v) is 8.45. The molecule has 0 bridgehead atoms. The highest BCUT2D eigenvalue weighted by atomic mass is 16.3. The number of nitrogens with zero attached hydrogens (tertiary/aromatic N) is 3. The van der Waals surface area contributed by atoms with E-state index in [1.807, 2.05) is 72.8 Å². The van der Waals surface area contributed by atoms with Gasteiger partial charge in [-0.3, -0.25) is 0 Å². The molecule has 3 aromatic heterocycles. The molecule has 0 fully saturated rings. The lowest BCUT2D eigenvalue weighted by molar-refractivity contribution is 0.667. The van der Waals surface area contributed by atoms with E-state index in [9.17, 15) is 0 Å². The summed E-state index contributed by atoms with van der Waals surface area (Å²) in [5.74, 6) is 2.04. The smallest absolute Gasteiger partial charge is 0.164 e. The van der Waals surface area contributed by atoms with Gasteiger partial charge in [0.05, 0.1) is 0 Å². The summed E-state index contributed by atoms with van der Waals surface area (Å²) in [6.07, 6.45) is 9.58. The van der Waals surface area contributed by atoms with Crippen LogP contribution in [0.4, 0.5) is 0 Å². The minimum absolute atomic E-state index is 0.238. The summed E-state index contributed by atoms with van der Waals surface area (Å²) in [6, 6.07) is 36.9. The number of benzene rings is 5.